The van der Waals surface area contributed by atoms with Crippen LogP contribution in [-0.4, -0.2) is 15.2 Å². The van der Waals surface area contributed by atoms with E-state index in [1.807, 2.05) is 6.07 Å². The zero-order chi connectivity index (χ0) is 10.8. The molecular weight excluding hydrogens is 198 g/mol. The van der Waals surface area contributed by atoms with E-state index in [9.17, 15) is 0 Å². The zero-order valence-electron chi connectivity index (χ0n) is 8.72. The predicted octanol–water partition coefficient (Wildman–Crippen LogP) is 2.55. The average molecular weight is 209 g/mol. The Morgan fingerprint density at radius 1 is 1.00 bits per heavy atom. The van der Waals surface area contributed by atoms with Crippen molar-refractivity contribution in [2.75, 3.05) is 0 Å². The number of aromatic amines is 1. The maximum absolute atomic E-state index is 3.86. The fraction of sp³-hybridized carbons (Fsp3) is 0.0769. The Balaban J connectivity index is 1.95. The fourth-order valence-corrected chi connectivity index (χ4v) is 1.86. The molecule has 1 aromatic carbocycles. The Kier molecular flexibility index (Phi) is 2.14. The SMILES string of the molecule is c1ccc(Cc2cc3cnncc3[nH]2)cc1. The molecule has 0 aliphatic carbocycles. The maximum Gasteiger partial charge on any atom is 0.0737 e. The molecular formula is C13H11N3. The summed E-state index contributed by atoms with van der Waals surface area (Å²) in [6, 6.07) is 12.5. The molecule has 3 rings (SSSR count). The summed E-state index contributed by atoms with van der Waals surface area (Å²) in [5.74, 6) is 0. The van der Waals surface area contributed by atoms with Crippen molar-refractivity contribution in [2.24, 2.45) is 0 Å². The van der Waals surface area contributed by atoms with Gasteiger partial charge in [-0.05, 0) is 11.6 Å². The van der Waals surface area contributed by atoms with Crippen LogP contribution in [0.25, 0.3) is 10.9 Å². The lowest BCUT2D eigenvalue weighted by atomic mass is 10.1. The van der Waals surface area contributed by atoms with Gasteiger partial charge in [-0.2, -0.15) is 10.2 Å². The summed E-state index contributed by atoms with van der Waals surface area (Å²) in [5.41, 5.74) is 3.53. The minimum atomic E-state index is 0.912. The second-order valence-corrected chi connectivity index (χ2v) is 3.82. The number of hydrogen-bond acceptors (Lipinski definition) is 2. The van der Waals surface area contributed by atoms with Gasteiger partial charge in [0.2, 0.25) is 0 Å². The van der Waals surface area contributed by atoms with Crippen LogP contribution >= 0.6 is 0 Å². The largest absolute Gasteiger partial charge is 0.357 e. The lowest BCUT2D eigenvalue weighted by Crippen LogP contribution is -1.86. The molecule has 3 aromatic rings. The fourth-order valence-electron chi connectivity index (χ4n) is 1.86. The van der Waals surface area contributed by atoms with Gasteiger partial charge >= 0.3 is 0 Å². The summed E-state index contributed by atoms with van der Waals surface area (Å²) < 4.78 is 0. The molecule has 0 saturated carbocycles. The van der Waals surface area contributed by atoms with Crippen molar-refractivity contribution in [3.8, 4) is 0 Å². The van der Waals surface area contributed by atoms with Crippen molar-refractivity contribution in [2.45, 2.75) is 6.42 Å². The average Bonchev–Trinajstić information content (AvgIpc) is 2.72. The third-order valence-electron chi connectivity index (χ3n) is 2.62. The van der Waals surface area contributed by atoms with Crippen LogP contribution in [-0.2, 0) is 6.42 Å². The molecule has 0 unspecified atom stereocenters. The van der Waals surface area contributed by atoms with Crippen molar-refractivity contribution in [1.29, 1.82) is 0 Å². The van der Waals surface area contributed by atoms with Gasteiger partial charge in [0.1, 0.15) is 0 Å². The Labute approximate surface area is 93.2 Å². The number of hydrogen-bond donors (Lipinski definition) is 1. The van der Waals surface area contributed by atoms with Crippen LogP contribution in [0.3, 0.4) is 0 Å². The molecule has 0 atom stereocenters. The molecule has 0 saturated heterocycles. The highest BCUT2D eigenvalue weighted by Gasteiger charge is 2.01. The smallest absolute Gasteiger partial charge is 0.0737 e. The summed E-state index contributed by atoms with van der Waals surface area (Å²) >= 11 is 0. The van der Waals surface area contributed by atoms with E-state index in [0.717, 1.165) is 17.3 Å². The first-order valence-electron chi connectivity index (χ1n) is 5.24. The minimum absolute atomic E-state index is 0.912. The first-order valence-corrected chi connectivity index (χ1v) is 5.24. The standard InChI is InChI=1S/C13H11N3/c1-2-4-10(5-3-1)6-12-7-11-8-14-15-9-13(11)16-12/h1-5,7-9,16H,6H2. The maximum atomic E-state index is 3.86. The highest BCUT2D eigenvalue weighted by Crippen LogP contribution is 2.15. The van der Waals surface area contributed by atoms with E-state index in [2.05, 4.69) is 45.5 Å². The Hall–Kier alpha value is -2.16. The molecule has 3 nitrogen and oxygen atoms in total. The third kappa shape index (κ3) is 1.67. The van der Waals surface area contributed by atoms with Gasteiger partial charge in [0.15, 0.2) is 0 Å². The molecule has 0 amide bonds. The van der Waals surface area contributed by atoms with Gasteiger partial charge < -0.3 is 4.98 Å². The van der Waals surface area contributed by atoms with E-state index in [-0.39, 0.29) is 0 Å². The number of benzene rings is 1. The quantitative estimate of drug-likeness (QED) is 0.704. The molecule has 3 heteroatoms. The first-order chi connectivity index (χ1) is 7.92. The molecule has 0 bridgehead atoms. The van der Waals surface area contributed by atoms with Gasteiger partial charge in [-0.25, -0.2) is 0 Å². The third-order valence-corrected chi connectivity index (χ3v) is 2.62. The number of rotatable bonds is 2. The van der Waals surface area contributed by atoms with Crippen molar-refractivity contribution in [3.05, 3.63) is 60.0 Å². The van der Waals surface area contributed by atoms with Crippen LogP contribution in [0, 0.1) is 0 Å². The van der Waals surface area contributed by atoms with E-state index >= 15 is 0 Å². The summed E-state index contributed by atoms with van der Waals surface area (Å²) in [5, 5.41) is 8.83. The highest BCUT2D eigenvalue weighted by molar-refractivity contribution is 5.78. The van der Waals surface area contributed by atoms with E-state index in [0.29, 0.717) is 0 Å². The van der Waals surface area contributed by atoms with Crippen LogP contribution < -0.4 is 0 Å². The van der Waals surface area contributed by atoms with Gasteiger partial charge in [-0.15, -0.1) is 0 Å². The second kappa shape index (κ2) is 3.77. The minimum Gasteiger partial charge on any atom is -0.357 e. The van der Waals surface area contributed by atoms with Gasteiger partial charge in [0, 0.05) is 17.5 Å². The predicted molar refractivity (Wildman–Crippen MR) is 63.1 cm³/mol. The lowest BCUT2D eigenvalue weighted by Gasteiger charge is -1.97. The lowest BCUT2D eigenvalue weighted by molar-refractivity contribution is 1.05. The topological polar surface area (TPSA) is 41.6 Å². The van der Waals surface area contributed by atoms with Gasteiger partial charge in [0.25, 0.3) is 0 Å². The van der Waals surface area contributed by atoms with Crippen LogP contribution in [0.1, 0.15) is 11.3 Å². The summed E-state index contributed by atoms with van der Waals surface area (Å²) in [6.45, 7) is 0. The first kappa shape index (κ1) is 9.09. The van der Waals surface area contributed by atoms with Crippen LogP contribution in [0.15, 0.2) is 48.8 Å². The molecule has 0 spiro atoms. The zero-order valence-corrected chi connectivity index (χ0v) is 8.72. The van der Waals surface area contributed by atoms with Gasteiger partial charge in [0.05, 0.1) is 17.9 Å². The molecule has 2 heterocycles. The molecule has 0 radical (unpaired) electrons. The monoisotopic (exact) mass is 209 g/mol. The number of H-pyrrole nitrogens is 1. The Morgan fingerprint density at radius 2 is 1.81 bits per heavy atom. The Morgan fingerprint density at radius 3 is 2.62 bits per heavy atom. The number of fused-ring (bicyclic) bond motifs is 1. The van der Waals surface area contributed by atoms with Crippen molar-refractivity contribution in [3.63, 3.8) is 0 Å². The summed E-state index contributed by atoms with van der Waals surface area (Å²) in [6.07, 6.45) is 4.44. The highest BCUT2D eigenvalue weighted by atomic mass is 15.1. The summed E-state index contributed by atoms with van der Waals surface area (Å²) in [4.78, 5) is 3.34. The molecule has 2 aromatic heterocycles. The molecule has 0 fully saturated rings. The molecule has 16 heavy (non-hydrogen) atoms. The van der Waals surface area contributed by atoms with Gasteiger partial charge in [-0.3, -0.25) is 0 Å². The molecule has 0 aliphatic heterocycles. The van der Waals surface area contributed by atoms with Crippen LogP contribution in [0.2, 0.25) is 0 Å². The number of nitrogens with one attached hydrogen (secondary N) is 1. The van der Waals surface area contributed by atoms with Crippen molar-refractivity contribution >= 4 is 10.9 Å². The van der Waals surface area contributed by atoms with Crippen LogP contribution in [0.4, 0.5) is 0 Å². The Bertz CT molecular complexity index is 566. The normalized spacial score (nSPS) is 10.8. The van der Waals surface area contributed by atoms with E-state index in [1.54, 1.807) is 12.4 Å². The molecule has 0 aliphatic rings. The number of nitrogens with zero attached hydrogens (tertiary/aromatic N) is 2. The van der Waals surface area contributed by atoms with Crippen molar-refractivity contribution < 1.29 is 0 Å². The molecule has 78 valence electrons. The summed E-state index contributed by atoms with van der Waals surface area (Å²) in [7, 11) is 0. The van der Waals surface area contributed by atoms with Crippen molar-refractivity contribution in [1.82, 2.24) is 15.2 Å². The van der Waals surface area contributed by atoms with E-state index in [4.69, 9.17) is 0 Å². The number of aromatic nitrogens is 3. The van der Waals surface area contributed by atoms with E-state index in [1.165, 1.54) is 11.3 Å². The van der Waals surface area contributed by atoms with E-state index < -0.39 is 0 Å². The molecule has 1 N–H and O–H groups in total. The van der Waals surface area contributed by atoms with Crippen LogP contribution in [0.5, 0.6) is 0 Å². The van der Waals surface area contributed by atoms with Gasteiger partial charge in [-0.1, -0.05) is 30.3 Å². The second-order valence-electron chi connectivity index (χ2n) is 3.82.